The van der Waals surface area contributed by atoms with Crippen molar-refractivity contribution >= 4 is 30.1 Å². The Kier molecular flexibility index (Phi) is 7.96. The first-order chi connectivity index (χ1) is 14.6. The molecule has 0 heterocycles. The second kappa shape index (κ2) is 10.6. The van der Waals surface area contributed by atoms with Crippen LogP contribution in [0.25, 0.3) is 12.2 Å². The Morgan fingerprint density at radius 3 is 1.42 bits per heavy atom. The maximum absolute atomic E-state index is 11.7. The van der Waals surface area contributed by atoms with Gasteiger partial charge in [0.15, 0.2) is 0 Å². The third kappa shape index (κ3) is 7.69. The molecule has 0 saturated heterocycles. The third-order valence-electron chi connectivity index (χ3n) is 4.25. The Morgan fingerprint density at radius 2 is 1.13 bits per heavy atom. The summed E-state index contributed by atoms with van der Waals surface area (Å²) in [6, 6.07) is 11.7. The van der Waals surface area contributed by atoms with E-state index in [1.165, 1.54) is 60.7 Å². The van der Waals surface area contributed by atoms with E-state index in [2.05, 4.69) is 0 Å². The molecule has 0 amide bonds. The number of aliphatic carboxylic acids is 2. The second-order valence-electron chi connectivity index (χ2n) is 6.77. The highest BCUT2D eigenvalue weighted by Crippen LogP contribution is 2.23. The zero-order valence-electron chi connectivity index (χ0n) is 16.7. The number of rotatable bonds is 9. The fourth-order valence-electron chi connectivity index (χ4n) is 2.84. The molecule has 0 saturated carbocycles. The van der Waals surface area contributed by atoms with Crippen molar-refractivity contribution in [2.45, 2.75) is 25.9 Å². The average molecular weight is 426 g/mol. The van der Waals surface area contributed by atoms with Crippen molar-refractivity contribution in [2.24, 2.45) is 0 Å². The highest BCUT2D eigenvalue weighted by Gasteiger charge is 2.23. The van der Waals surface area contributed by atoms with Gasteiger partial charge in [-0.3, -0.25) is 4.79 Å². The van der Waals surface area contributed by atoms with Gasteiger partial charge in [-0.05, 0) is 47.5 Å². The lowest BCUT2D eigenvalue weighted by Crippen LogP contribution is -2.22. The summed E-state index contributed by atoms with van der Waals surface area (Å²) >= 11 is 0. The molecule has 4 N–H and O–H groups in total. The minimum absolute atomic E-state index is 0.0253. The number of phenolic OH excluding ortho intramolecular Hbond substituents is 2. The minimum atomic E-state index is -1.25. The number of carboxylic acids is 2. The quantitative estimate of drug-likeness (QED) is 0.353. The number of esters is 1. The van der Waals surface area contributed by atoms with Gasteiger partial charge in [0.2, 0.25) is 0 Å². The van der Waals surface area contributed by atoms with Crippen molar-refractivity contribution in [1.82, 2.24) is 0 Å². The Hall–Kier alpha value is -4.07. The highest BCUT2D eigenvalue weighted by atomic mass is 16.5. The molecule has 8 heteroatoms. The molecule has 0 aliphatic carbocycles. The van der Waals surface area contributed by atoms with Gasteiger partial charge in [-0.25, -0.2) is 9.59 Å². The molecule has 0 bridgehead atoms. The minimum Gasteiger partial charge on any atom is -0.508 e. The topological polar surface area (TPSA) is 141 Å². The average Bonchev–Trinajstić information content (AvgIpc) is 2.69. The molecular weight excluding hydrogens is 404 g/mol. The molecule has 0 fully saturated rings. The van der Waals surface area contributed by atoms with Crippen molar-refractivity contribution in [3.63, 3.8) is 0 Å². The van der Waals surface area contributed by atoms with Crippen LogP contribution in [0, 0.1) is 0 Å². The molecular formula is C23H22O8. The molecule has 2 aromatic carbocycles. The van der Waals surface area contributed by atoms with Crippen molar-refractivity contribution in [3.05, 3.63) is 70.8 Å². The molecule has 2 rings (SSSR count). The number of ether oxygens (including phenoxy) is 1. The van der Waals surface area contributed by atoms with Crippen molar-refractivity contribution < 1.29 is 39.5 Å². The van der Waals surface area contributed by atoms with Crippen LogP contribution in [-0.2, 0) is 19.1 Å². The van der Waals surface area contributed by atoms with Crippen LogP contribution in [0.1, 0.15) is 30.9 Å². The van der Waals surface area contributed by atoms with Crippen LogP contribution in [0.2, 0.25) is 0 Å². The summed E-state index contributed by atoms with van der Waals surface area (Å²) < 4.78 is 5.20. The van der Waals surface area contributed by atoms with Gasteiger partial charge < -0.3 is 25.2 Å². The van der Waals surface area contributed by atoms with E-state index in [1.807, 2.05) is 0 Å². The number of phenols is 2. The summed E-state index contributed by atoms with van der Waals surface area (Å²) in [5, 5.41) is 37.9. The molecule has 8 nitrogen and oxygen atoms in total. The molecule has 0 aromatic heterocycles. The SMILES string of the molecule is CC(=O)OC(C/C(=C\c1ccc(O)cc1)C(=O)O)C/C(=C\c1ccc(O)cc1)C(=O)O. The number of benzene rings is 2. The summed E-state index contributed by atoms with van der Waals surface area (Å²) in [5.74, 6) is -3.11. The van der Waals surface area contributed by atoms with E-state index >= 15 is 0 Å². The zero-order valence-corrected chi connectivity index (χ0v) is 16.7. The maximum Gasteiger partial charge on any atom is 0.331 e. The van der Waals surface area contributed by atoms with Gasteiger partial charge in [-0.15, -0.1) is 0 Å². The first-order valence-electron chi connectivity index (χ1n) is 9.27. The van der Waals surface area contributed by atoms with Gasteiger partial charge in [-0.2, -0.15) is 0 Å². The summed E-state index contributed by atoms with van der Waals surface area (Å²) in [5.41, 5.74) is 0.836. The fourth-order valence-corrected chi connectivity index (χ4v) is 2.84. The lowest BCUT2D eigenvalue weighted by atomic mass is 9.98. The van der Waals surface area contributed by atoms with Crippen molar-refractivity contribution in [1.29, 1.82) is 0 Å². The van der Waals surface area contributed by atoms with Gasteiger partial charge in [0.05, 0.1) is 0 Å². The summed E-state index contributed by atoms with van der Waals surface area (Å²) in [4.78, 5) is 35.0. The smallest absolute Gasteiger partial charge is 0.331 e. The second-order valence-corrected chi connectivity index (χ2v) is 6.77. The van der Waals surface area contributed by atoms with E-state index in [9.17, 15) is 34.8 Å². The van der Waals surface area contributed by atoms with Crippen LogP contribution in [0.4, 0.5) is 0 Å². The maximum atomic E-state index is 11.7. The molecule has 0 spiro atoms. The number of aromatic hydroxyl groups is 2. The molecule has 0 aliphatic rings. The van der Waals surface area contributed by atoms with Gasteiger partial charge in [0.25, 0.3) is 0 Å². The summed E-state index contributed by atoms with van der Waals surface area (Å²) in [7, 11) is 0. The van der Waals surface area contributed by atoms with E-state index in [-0.39, 0.29) is 35.5 Å². The van der Waals surface area contributed by atoms with E-state index in [0.29, 0.717) is 11.1 Å². The van der Waals surface area contributed by atoms with Gasteiger partial charge >= 0.3 is 17.9 Å². The first kappa shape index (κ1) is 23.2. The van der Waals surface area contributed by atoms with Crippen molar-refractivity contribution in [2.75, 3.05) is 0 Å². The monoisotopic (exact) mass is 426 g/mol. The Bertz CT molecular complexity index is 925. The number of hydrogen-bond acceptors (Lipinski definition) is 6. The number of carbonyl (C=O) groups excluding carboxylic acids is 1. The molecule has 2 aromatic rings. The Morgan fingerprint density at radius 1 is 0.774 bits per heavy atom. The van der Waals surface area contributed by atoms with Gasteiger partial charge in [-0.1, -0.05) is 24.3 Å². The summed E-state index contributed by atoms with van der Waals surface area (Å²) in [6.07, 6.45) is 1.24. The molecule has 31 heavy (non-hydrogen) atoms. The largest absolute Gasteiger partial charge is 0.508 e. The van der Waals surface area contributed by atoms with Crippen LogP contribution in [0.5, 0.6) is 11.5 Å². The van der Waals surface area contributed by atoms with Gasteiger partial charge in [0.1, 0.15) is 17.6 Å². The predicted octanol–water partition coefficient (Wildman–Crippen LogP) is 3.45. The Labute approximate surface area is 178 Å². The predicted molar refractivity (Wildman–Crippen MR) is 112 cm³/mol. The number of carboxylic acid groups (broad SMARTS) is 2. The molecule has 0 aliphatic heterocycles. The molecule has 0 unspecified atom stereocenters. The molecule has 162 valence electrons. The van der Waals surface area contributed by atoms with Crippen LogP contribution >= 0.6 is 0 Å². The summed E-state index contributed by atoms with van der Waals surface area (Å²) in [6.45, 7) is 1.15. The zero-order chi connectivity index (χ0) is 23.0. The lowest BCUT2D eigenvalue weighted by Gasteiger charge is -2.18. The fraction of sp³-hybridized carbons (Fsp3) is 0.174. The van der Waals surface area contributed by atoms with Gasteiger partial charge in [0, 0.05) is 30.9 Å². The Balaban J connectivity index is 2.32. The van der Waals surface area contributed by atoms with Crippen LogP contribution < -0.4 is 0 Å². The van der Waals surface area contributed by atoms with Crippen LogP contribution in [-0.4, -0.2) is 44.4 Å². The molecule has 0 radical (unpaired) electrons. The third-order valence-corrected chi connectivity index (χ3v) is 4.25. The van der Waals surface area contributed by atoms with E-state index in [1.54, 1.807) is 0 Å². The van der Waals surface area contributed by atoms with E-state index < -0.39 is 24.0 Å². The highest BCUT2D eigenvalue weighted by molar-refractivity contribution is 5.93. The first-order valence-corrected chi connectivity index (χ1v) is 9.27. The lowest BCUT2D eigenvalue weighted by molar-refractivity contribution is -0.147. The van der Waals surface area contributed by atoms with Crippen LogP contribution in [0.3, 0.4) is 0 Å². The standard InChI is InChI=1S/C23H22O8/c1-14(24)31-21(12-17(22(27)28)10-15-2-6-19(25)7-3-15)13-18(23(29)30)11-16-4-8-20(26)9-5-16/h2-11,21,25-26H,12-13H2,1H3,(H,27,28)(H,29,30)/b17-10+,18-11+. The van der Waals surface area contributed by atoms with E-state index in [4.69, 9.17) is 4.74 Å². The number of carbonyl (C=O) groups is 3. The van der Waals surface area contributed by atoms with E-state index in [0.717, 1.165) is 6.92 Å². The molecule has 0 atom stereocenters. The van der Waals surface area contributed by atoms with Crippen molar-refractivity contribution in [3.8, 4) is 11.5 Å². The van der Waals surface area contributed by atoms with Crippen LogP contribution in [0.15, 0.2) is 59.7 Å². The number of hydrogen-bond donors (Lipinski definition) is 4. The normalized spacial score (nSPS) is 11.9.